The molecule has 12 nitrogen and oxygen atoms in total. The number of carbonyl (C=O) groups is 1. The van der Waals surface area contributed by atoms with Gasteiger partial charge in [0.25, 0.3) is 0 Å². The summed E-state index contributed by atoms with van der Waals surface area (Å²) in [5, 5.41) is 32.4. The predicted molar refractivity (Wildman–Crippen MR) is 104 cm³/mol. The van der Waals surface area contributed by atoms with Crippen molar-refractivity contribution in [2.75, 3.05) is 5.32 Å². The first-order chi connectivity index (χ1) is 13.7. The van der Waals surface area contributed by atoms with Gasteiger partial charge in [-0.25, -0.2) is 0 Å². The second-order valence-electron chi connectivity index (χ2n) is 6.03. The van der Waals surface area contributed by atoms with Crippen LogP contribution in [0, 0.1) is 27.2 Å². The Morgan fingerprint density at radius 3 is 2.62 bits per heavy atom. The molecule has 2 aromatic heterocycles. The minimum Gasteiger partial charge on any atom is -0.358 e. The Hall–Kier alpha value is -3.61. The first-order valence-electron chi connectivity index (χ1n) is 8.17. The zero-order valence-corrected chi connectivity index (χ0v) is 16.6. The molecule has 0 atom stereocenters. The molecule has 13 heteroatoms. The van der Waals surface area contributed by atoms with Gasteiger partial charge in [-0.05, 0) is 45.5 Å². The van der Waals surface area contributed by atoms with Crippen LogP contribution in [0.5, 0.6) is 0 Å². The van der Waals surface area contributed by atoms with Crippen molar-refractivity contribution < 1.29 is 14.6 Å². The number of benzene rings is 1. The second kappa shape index (κ2) is 8.18. The van der Waals surface area contributed by atoms with E-state index in [1.807, 2.05) is 12.3 Å². The van der Waals surface area contributed by atoms with Crippen molar-refractivity contribution in [3.05, 3.63) is 72.6 Å². The quantitative estimate of drug-likeness (QED) is 0.417. The van der Waals surface area contributed by atoms with E-state index in [0.717, 1.165) is 14.7 Å². The highest BCUT2D eigenvalue weighted by atomic mass is 79.9. The van der Waals surface area contributed by atoms with E-state index in [0.29, 0.717) is 12.2 Å². The summed E-state index contributed by atoms with van der Waals surface area (Å²) < 4.78 is 3.51. The average Bonchev–Trinajstić information content (AvgIpc) is 3.18. The fraction of sp³-hybridized carbons (Fsp3) is 0.188. The van der Waals surface area contributed by atoms with Gasteiger partial charge in [0.05, 0.1) is 27.2 Å². The molecule has 0 aliphatic rings. The maximum absolute atomic E-state index is 12.3. The molecule has 0 aliphatic heterocycles. The van der Waals surface area contributed by atoms with Crippen molar-refractivity contribution in [2.45, 2.75) is 20.0 Å². The van der Waals surface area contributed by atoms with Crippen LogP contribution in [-0.4, -0.2) is 35.3 Å². The molecule has 0 unspecified atom stereocenters. The SMILES string of the molecule is Cc1c([N+](=O)[O-])c([N+](=O)[O-])nn1CC(=O)Nc1cccc(Cn2cc(Br)cn2)c1. The number of hydrogen-bond acceptors (Lipinski definition) is 7. The third kappa shape index (κ3) is 4.63. The lowest BCUT2D eigenvalue weighted by Crippen LogP contribution is -2.20. The molecule has 0 bridgehead atoms. The number of nitrogens with zero attached hydrogens (tertiary/aromatic N) is 6. The summed E-state index contributed by atoms with van der Waals surface area (Å²) in [6.07, 6.45) is 3.47. The smallest absolute Gasteiger partial charge is 0.358 e. The van der Waals surface area contributed by atoms with Crippen LogP contribution in [0.1, 0.15) is 11.3 Å². The van der Waals surface area contributed by atoms with Crippen LogP contribution in [0.3, 0.4) is 0 Å². The molecule has 0 saturated heterocycles. The lowest BCUT2D eigenvalue weighted by atomic mass is 10.2. The van der Waals surface area contributed by atoms with Crippen molar-refractivity contribution in [3.8, 4) is 0 Å². The van der Waals surface area contributed by atoms with E-state index < -0.39 is 33.8 Å². The molecule has 150 valence electrons. The van der Waals surface area contributed by atoms with Gasteiger partial charge in [-0.15, -0.1) is 0 Å². The second-order valence-corrected chi connectivity index (χ2v) is 6.95. The number of rotatable bonds is 7. The van der Waals surface area contributed by atoms with Gasteiger partial charge in [-0.2, -0.15) is 9.78 Å². The molecule has 0 spiro atoms. The van der Waals surface area contributed by atoms with Gasteiger partial charge in [0.15, 0.2) is 0 Å². The van der Waals surface area contributed by atoms with E-state index in [4.69, 9.17) is 0 Å². The molecular weight excluding hydrogens is 450 g/mol. The number of nitro groups is 2. The van der Waals surface area contributed by atoms with Crippen molar-refractivity contribution >= 4 is 39.0 Å². The fourth-order valence-corrected chi connectivity index (χ4v) is 3.04. The number of carbonyl (C=O) groups excluding carboxylic acids is 1. The van der Waals surface area contributed by atoms with Crippen molar-refractivity contribution in [3.63, 3.8) is 0 Å². The minimum atomic E-state index is -0.948. The van der Waals surface area contributed by atoms with Gasteiger partial charge in [-0.1, -0.05) is 12.1 Å². The largest absolute Gasteiger partial charge is 0.468 e. The van der Waals surface area contributed by atoms with Gasteiger partial charge < -0.3 is 15.4 Å². The van der Waals surface area contributed by atoms with Crippen LogP contribution in [0.15, 0.2) is 41.1 Å². The predicted octanol–water partition coefficient (Wildman–Crippen LogP) is 2.65. The Morgan fingerprint density at radius 2 is 2.03 bits per heavy atom. The summed E-state index contributed by atoms with van der Waals surface area (Å²) in [5.74, 6) is -1.42. The summed E-state index contributed by atoms with van der Waals surface area (Å²) in [6, 6.07) is 7.07. The lowest BCUT2D eigenvalue weighted by Gasteiger charge is -2.07. The molecule has 0 fully saturated rings. The van der Waals surface area contributed by atoms with E-state index in [-0.39, 0.29) is 5.69 Å². The molecule has 0 radical (unpaired) electrons. The number of nitrogens with one attached hydrogen (secondary N) is 1. The lowest BCUT2D eigenvalue weighted by molar-refractivity contribution is -0.424. The van der Waals surface area contributed by atoms with E-state index in [9.17, 15) is 25.0 Å². The number of aromatic nitrogens is 4. The van der Waals surface area contributed by atoms with Gasteiger partial charge in [0, 0.05) is 11.9 Å². The topological polar surface area (TPSA) is 151 Å². The average molecular weight is 464 g/mol. The van der Waals surface area contributed by atoms with Crippen LogP contribution >= 0.6 is 15.9 Å². The standard InChI is InChI=1S/C16H14BrN7O5/c1-10-15(23(26)27)16(24(28)29)20-22(10)9-14(25)19-13-4-2-3-11(5-13)7-21-8-12(17)6-18-21/h2-6,8H,7,9H2,1H3,(H,19,25). The van der Waals surface area contributed by atoms with Crippen molar-refractivity contribution in [1.29, 1.82) is 0 Å². The number of hydrogen-bond donors (Lipinski definition) is 1. The van der Waals surface area contributed by atoms with Gasteiger partial charge in [0.2, 0.25) is 5.91 Å². The molecule has 3 rings (SSSR count). The molecule has 1 amide bonds. The normalized spacial score (nSPS) is 10.7. The molecule has 3 aromatic rings. The Bertz CT molecular complexity index is 1110. The number of anilines is 1. The van der Waals surface area contributed by atoms with Gasteiger partial charge in [0.1, 0.15) is 12.2 Å². The summed E-state index contributed by atoms with van der Waals surface area (Å²) >= 11 is 3.32. The van der Waals surface area contributed by atoms with E-state index in [1.54, 1.807) is 29.1 Å². The van der Waals surface area contributed by atoms with E-state index >= 15 is 0 Å². The first-order valence-corrected chi connectivity index (χ1v) is 8.97. The maximum atomic E-state index is 12.3. The number of halogens is 1. The number of amides is 1. The Balaban J connectivity index is 1.73. The highest BCUT2D eigenvalue weighted by Gasteiger charge is 2.35. The van der Waals surface area contributed by atoms with Gasteiger partial charge >= 0.3 is 11.5 Å². The zero-order valence-electron chi connectivity index (χ0n) is 15.0. The zero-order chi connectivity index (χ0) is 21.1. The third-order valence-corrected chi connectivity index (χ3v) is 4.37. The van der Waals surface area contributed by atoms with Crippen LogP contribution in [0.25, 0.3) is 0 Å². The molecule has 0 saturated carbocycles. The summed E-state index contributed by atoms with van der Waals surface area (Å²) in [4.78, 5) is 32.5. The maximum Gasteiger partial charge on any atom is 0.468 e. The van der Waals surface area contributed by atoms with Crippen molar-refractivity contribution in [1.82, 2.24) is 19.6 Å². The van der Waals surface area contributed by atoms with E-state index in [2.05, 4.69) is 31.4 Å². The van der Waals surface area contributed by atoms with Crippen LogP contribution < -0.4 is 5.32 Å². The third-order valence-electron chi connectivity index (χ3n) is 3.96. The highest BCUT2D eigenvalue weighted by Crippen LogP contribution is 2.29. The Morgan fingerprint density at radius 1 is 1.28 bits per heavy atom. The summed E-state index contributed by atoms with van der Waals surface area (Å²) in [5.41, 5.74) is 0.595. The minimum absolute atomic E-state index is 0.0742. The fourth-order valence-electron chi connectivity index (χ4n) is 2.71. The van der Waals surface area contributed by atoms with Crippen LogP contribution in [0.2, 0.25) is 0 Å². The molecule has 1 aromatic carbocycles. The molecular formula is C16H14BrN7O5. The Labute approximate surface area is 171 Å². The van der Waals surface area contributed by atoms with Crippen LogP contribution in [0.4, 0.5) is 17.2 Å². The molecule has 0 aliphatic carbocycles. The van der Waals surface area contributed by atoms with E-state index in [1.165, 1.54) is 6.92 Å². The van der Waals surface area contributed by atoms with Gasteiger partial charge in [-0.3, -0.25) is 19.6 Å². The monoisotopic (exact) mass is 463 g/mol. The highest BCUT2D eigenvalue weighted by molar-refractivity contribution is 9.10. The Kier molecular flexibility index (Phi) is 5.68. The summed E-state index contributed by atoms with van der Waals surface area (Å²) in [7, 11) is 0. The molecule has 29 heavy (non-hydrogen) atoms. The molecule has 2 heterocycles. The summed E-state index contributed by atoms with van der Waals surface area (Å²) in [6.45, 7) is 1.39. The first kappa shape index (κ1) is 20.1. The van der Waals surface area contributed by atoms with Crippen molar-refractivity contribution in [2.24, 2.45) is 0 Å². The molecule has 1 N–H and O–H groups in total. The van der Waals surface area contributed by atoms with Crippen LogP contribution in [-0.2, 0) is 17.9 Å².